The molecule has 1 aromatic carbocycles. The second kappa shape index (κ2) is 2.75. The van der Waals surface area contributed by atoms with E-state index in [1.54, 1.807) is 4.88 Å². The molecule has 3 atom stereocenters. The average Bonchev–Trinajstić information content (AvgIpc) is 2.75. The predicted octanol–water partition coefficient (Wildman–Crippen LogP) is 2.53. The molecule has 3 unspecified atom stereocenters. The van der Waals surface area contributed by atoms with E-state index < -0.39 is 0 Å². The lowest BCUT2D eigenvalue weighted by Crippen LogP contribution is -2.49. The van der Waals surface area contributed by atoms with Crippen molar-refractivity contribution in [2.75, 3.05) is 32.1 Å². The number of anilines is 1. The van der Waals surface area contributed by atoms with Gasteiger partial charge >= 0.3 is 0 Å². The normalized spacial score (nSPS) is 35.9. The number of benzene rings is 1. The fourth-order valence-electron chi connectivity index (χ4n) is 4.10. The third-order valence-electron chi connectivity index (χ3n) is 5.23. The van der Waals surface area contributed by atoms with E-state index in [4.69, 9.17) is 0 Å². The highest BCUT2D eigenvalue weighted by molar-refractivity contribution is 7.19. The number of rotatable bonds is 2. The largest absolute Gasteiger partial charge is 0.378 e. The summed E-state index contributed by atoms with van der Waals surface area (Å²) in [5, 5.41) is 1.43. The first kappa shape index (κ1) is 9.82. The van der Waals surface area contributed by atoms with E-state index in [2.05, 4.69) is 48.2 Å². The van der Waals surface area contributed by atoms with Gasteiger partial charge in [-0.15, -0.1) is 11.3 Å². The van der Waals surface area contributed by atoms with Gasteiger partial charge in [0.2, 0.25) is 0 Å². The lowest BCUT2D eigenvalue weighted by Gasteiger charge is -2.37. The summed E-state index contributed by atoms with van der Waals surface area (Å²) in [5.41, 5.74) is 1.91. The molecule has 1 saturated carbocycles. The maximum absolute atomic E-state index is 2.63. The lowest BCUT2D eigenvalue weighted by molar-refractivity contribution is 0.127. The maximum atomic E-state index is 2.63. The van der Waals surface area contributed by atoms with E-state index >= 15 is 0 Å². The van der Waals surface area contributed by atoms with Gasteiger partial charge in [-0.3, -0.25) is 4.90 Å². The SMILES string of the molecule is CN(C)c1ccc2cc(C34CN5CC3C54)sc2c1. The van der Waals surface area contributed by atoms with Crippen LogP contribution in [0.5, 0.6) is 0 Å². The summed E-state index contributed by atoms with van der Waals surface area (Å²) < 4.78 is 1.45. The van der Waals surface area contributed by atoms with Crippen molar-refractivity contribution in [1.82, 2.24) is 4.90 Å². The number of piperidine rings is 1. The molecular weight excluding hydrogens is 240 g/mol. The number of hydrogen-bond donors (Lipinski definition) is 0. The Morgan fingerprint density at radius 2 is 2.22 bits per heavy atom. The minimum atomic E-state index is 0.599. The molecule has 3 aliphatic rings. The van der Waals surface area contributed by atoms with Crippen LogP contribution in [0.25, 0.3) is 10.1 Å². The highest BCUT2D eigenvalue weighted by Gasteiger charge is 2.83. The van der Waals surface area contributed by atoms with Crippen LogP contribution in [0, 0.1) is 5.92 Å². The van der Waals surface area contributed by atoms with Crippen molar-refractivity contribution in [3.8, 4) is 0 Å². The Morgan fingerprint density at radius 1 is 1.33 bits per heavy atom. The summed E-state index contributed by atoms with van der Waals surface area (Å²) in [7, 11) is 4.22. The van der Waals surface area contributed by atoms with Crippen molar-refractivity contribution in [3.63, 3.8) is 0 Å². The van der Waals surface area contributed by atoms with Gasteiger partial charge < -0.3 is 4.90 Å². The van der Waals surface area contributed by atoms with Crippen LogP contribution in [0.2, 0.25) is 0 Å². The van der Waals surface area contributed by atoms with Crippen molar-refractivity contribution in [2.24, 2.45) is 5.92 Å². The highest BCUT2D eigenvalue weighted by atomic mass is 32.1. The van der Waals surface area contributed by atoms with Gasteiger partial charge in [-0.25, -0.2) is 0 Å². The molecule has 3 fully saturated rings. The second-order valence-corrected chi connectivity index (χ2v) is 7.33. The standard InChI is InChI=1S/C15H16N2S/c1-16(2)10-4-3-9-5-13(18-12(9)6-10)15-8-17-7-11(15)14(15)17/h3-6,11,14H,7-8H2,1-2H3. The van der Waals surface area contributed by atoms with Gasteiger partial charge in [-0.1, -0.05) is 6.07 Å². The van der Waals surface area contributed by atoms with Crippen LogP contribution in [0.15, 0.2) is 24.3 Å². The Hall–Kier alpha value is -1.06. The molecule has 5 rings (SSSR count). The Labute approximate surface area is 111 Å². The summed E-state index contributed by atoms with van der Waals surface area (Å²) in [5.74, 6) is 0.999. The quantitative estimate of drug-likeness (QED) is 0.814. The molecule has 0 radical (unpaired) electrons. The number of thiophene rings is 1. The Kier molecular flexibility index (Phi) is 1.50. The third kappa shape index (κ3) is 0.895. The third-order valence-corrected chi connectivity index (χ3v) is 6.52. The van der Waals surface area contributed by atoms with Crippen LogP contribution in [-0.4, -0.2) is 38.1 Å². The van der Waals surface area contributed by atoms with Crippen LogP contribution in [0.4, 0.5) is 5.69 Å². The van der Waals surface area contributed by atoms with E-state index in [1.807, 2.05) is 11.3 Å². The molecule has 92 valence electrons. The summed E-state index contributed by atoms with van der Waals surface area (Å²) in [6, 6.07) is 10.2. The molecule has 0 spiro atoms. The summed E-state index contributed by atoms with van der Waals surface area (Å²) in [4.78, 5) is 6.46. The molecule has 0 amide bonds. The van der Waals surface area contributed by atoms with E-state index in [0.29, 0.717) is 5.41 Å². The zero-order valence-corrected chi connectivity index (χ0v) is 11.5. The van der Waals surface area contributed by atoms with Gasteiger partial charge in [0.15, 0.2) is 0 Å². The maximum Gasteiger partial charge on any atom is 0.0389 e. The highest BCUT2D eigenvalue weighted by Crippen LogP contribution is 2.73. The zero-order valence-electron chi connectivity index (χ0n) is 10.7. The monoisotopic (exact) mass is 256 g/mol. The van der Waals surface area contributed by atoms with E-state index in [-0.39, 0.29) is 0 Å². The van der Waals surface area contributed by atoms with Gasteiger partial charge in [-0.05, 0) is 23.6 Å². The van der Waals surface area contributed by atoms with Crippen LogP contribution >= 0.6 is 11.3 Å². The van der Waals surface area contributed by atoms with Gasteiger partial charge in [0.1, 0.15) is 0 Å². The fourth-order valence-corrected chi connectivity index (χ4v) is 5.47. The smallest absolute Gasteiger partial charge is 0.0389 e. The molecule has 3 heteroatoms. The summed E-state index contributed by atoms with van der Waals surface area (Å²) in [6.07, 6.45) is 0. The minimum Gasteiger partial charge on any atom is -0.378 e. The topological polar surface area (TPSA) is 6.48 Å². The van der Waals surface area contributed by atoms with Crippen LogP contribution in [-0.2, 0) is 5.41 Å². The van der Waals surface area contributed by atoms with Gasteiger partial charge in [0.25, 0.3) is 0 Å². The first-order chi connectivity index (χ1) is 8.70. The van der Waals surface area contributed by atoms with Gasteiger partial charge in [0.05, 0.1) is 0 Å². The Balaban J connectivity index is 1.63. The van der Waals surface area contributed by atoms with Gasteiger partial charge in [-0.2, -0.15) is 0 Å². The zero-order chi connectivity index (χ0) is 12.1. The molecule has 0 bridgehead atoms. The molecule has 18 heavy (non-hydrogen) atoms. The molecular formula is C15H16N2S. The average molecular weight is 256 g/mol. The first-order valence-electron chi connectivity index (χ1n) is 6.65. The molecule has 2 nitrogen and oxygen atoms in total. The summed E-state index contributed by atoms with van der Waals surface area (Å²) >= 11 is 2.03. The fraction of sp³-hybridized carbons (Fsp3) is 0.467. The Bertz CT molecular complexity index is 668. The number of hydrogen-bond acceptors (Lipinski definition) is 3. The second-order valence-electron chi connectivity index (χ2n) is 6.25. The molecule has 3 heterocycles. The molecule has 1 aromatic heterocycles. The van der Waals surface area contributed by atoms with Gasteiger partial charge in [0, 0.05) is 59.8 Å². The van der Waals surface area contributed by atoms with Crippen molar-refractivity contribution in [2.45, 2.75) is 11.5 Å². The van der Waals surface area contributed by atoms with Crippen LogP contribution in [0.3, 0.4) is 0 Å². The molecule has 0 N–H and O–H groups in total. The first-order valence-corrected chi connectivity index (χ1v) is 7.47. The molecule has 2 saturated heterocycles. The van der Waals surface area contributed by atoms with Crippen LogP contribution in [0.1, 0.15) is 4.88 Å². The molecule has 1 aliphatic carbocycles. The van der Waals surface area contributed by atoms with Crippen LogP contribution < -0.4 is 4.90 Å². The predicted molar refractivity (Wildman–Crippen MR) is 76.7 cm³/mol. The van der Waals surface area contributed by atoms with Crippen molar-refractivity contribution < 1.29 is 0 Å². The minimum absolute atomic E-state index is 0.599. The van der Waals surface area contributed by atoms with Crippen molar-refractivity contribution >= 4 is 27.1 Å². The van der Waals surface area contributed by atoms with E-state index in [0.717, 1.165) is 12.0 Å². The van der Waals surface area contributed by atoms with Crippen molar-refractivity contribution in [3.05, 3.63) is 29.1 Å². The van der Waals surface area contributed by atoms with Crippen molar-refractivity contribution in [1.29, 1.82) is 0 Å². The Morgan fingerprint density at radius 3 is 2.83 bits per heavy atom. The van der Waals surface area contributed by atoms with E-state index in [9.17, 15) is 0 Å². The van der Waals surface area contributed by atoms with E-state index in [1.165, 1.54) is 28.9 Å². The lowest BCUT2D eigenvalue weighted by atomic mass is 9.98. The number of fused-ring (bicyclic) bond motifs is 2. The number of nitrogens with zero attached hydrogens (tertiary/aromatic N) is 2. The summed E-state index contributed by atoms with van der Waals surface area (Å²) in [6.45, 7) is 2.69. The molecule has 2 aromatic rings. The molecule has 2 aliphatic heterocycles.